The zero-order valence-electron chi connectivity index (χ0n) is 40.6. The Morgan fingerprint density at radius 3 is 1.49 bits per heavy atom. The maximum absolute atomic E-state index is 14.6. The number of aromatic nitrogens is 10. The van der Waals surface area contributed by atoms with E-state index in [-0.39, 0.29) is 49.5 Å². The van der Waals surface area contributed by atoms with Gasteiger partial charge in [-0.1, -0.05) is 53.0 Å². The van der Waals surface area contributed by atoms with Crippen molar-refractivity contribution in [3.05, 3.63) is 81.3 Å². The Balaban J connectivity index is 0.000000163. The number of pyridine rings is 2. The molecule has 388 valence electrons. The van der Waals surface area contributed by atoms with Crippen LogP contribution in [0.5, 0.6) is 23.3 Å². The maximum atomic E-state index is 14.6. The molecule has 0 atom stereocenters. The predicted octanol–water partition coefficient (Wildman–Crippen LogP) is 9.80. The Kier molecular flexibility index (Phi) is 13.2. The number of ether oxygens (including phenoxy) is 2. The minimum absolute atomic E-state index is 0.00596. The van der Waals surface area contributed by atoms with Gasteiger partial charge in [-0.05, 0) is 51.3 Å². The minimum Gasteiger partial charge on any atom is -0.434 e. The Hall–Kier alpha value is -7.63. The highest BCUT2D eigenvalue weighted by molar-refractivity contribution is 6.34. The first-order valence-electron chi connectivity index (χ1n) is 24.0. The zero-order chi connectivity index (χ0) is 53.2. The van der Waals surface area contributed by atoms with E-state index in [0.717, 1.165) is 38.2 Å². The van der Waals surface area contributed by atoms with Crippen LogP contribution < -0.4 is 29.1 Å². The normalized spacial score (nSPS) is 16.9. The maximum Gasteiger partial charge on any atom is 0.247 e. The Bertz CT molecular complexity index is 3750. The summed E-state index contributed by atoms with van der Waals surface area (Å²) in [5, 5.41) is 34.4. The van der Waals surface area contributed by atoms with E-state index in [9.17, 15) is 24.1 Å². The van der Waals surface area contributed by atoms with Crippen LogP contribution in [-0.4, -0.2) is 127 Å². The highest BCUT2D eigenvalue weighted by atomic mass is 35.5. The van der Waals surface area contributed by atoms with E-state index in [1.165, 1.54) is 30.6 Å². The number of H-pyrrole nitrogens is 2. The predicted molar refractivity (Wildman–Crippen MR) is 284 cm³/mol. The van der Waals surface area contributed by atoms with Crippen molar-refractivity contribution in [2.75, 3.05) is 85.0 Å². The smallest absolute Gasteiger partial charge is 0.247 e. The molecule has 0 unspecified atom stereocenters. The van der Waals surface area contributed by atoms with Gasteiger partial charge in [-0.3, -0.25) is 15.0 Å². The number of carbonyl (C=O) groups excluding carboxylic acids is 1. The second-order valence-electron chi connectivity index (χ2n) is 19.5. The van der Waals surface area contributed by atoms with Crippen LogP contribution in [0.25, 0.3) is 43.6 Å². The average molecular weight is 1110 g/mol. The van der Waals surface area contributed by atoms with Crippen LogP contribution in [0, 0.1) is 45.1 Å². The molecule has 6 aromatic heterocycles. The minimum atomic E-state index is -0.695. The molecule has 0 bridgehead atoms. The van der Waals surface area contributed by atoms with Gasteiger partial charge < -0.3 is 34.0 Å². The molecule has 12 rings (SSSR count). The van der Waals surface area contributed by atoms with Crippen molar-refractivity contribution >= 4 is 119 Å². The number of nitriles is 2. The molecule has 4 aliphatic heterocycles. The molecule has 26 heteroatoms. The molecular weight excluding hydrogens is 1070 g/mol. The van der Waals surface area contributed by atoms with E-state index in [4.69, 9.17) is 75.8 Å². The van der Waals surface area contributed by atoms with Crippen LogP contribution in [0.1, 0.15) is 33.1 Å². The van der Waals surface area contributed by atoms with Gasteiger partial charge in [-0.25, -0.2) is 18.7 Å². The van der Waals surface area contributed by atoms with E-state index in [1.54, 1.807) is 17.0 Å². The van der Waals surface area contributed by atoms with Crippen molar-refractivity contribution in [1.29, 1.82) is 10.5 Å². The topological polar surface area (TPSA) is 234 Å². The average Bonchev–Trinajstić information content (AvgIpc) is 4.09. The highest BCUT2D eigenvalue weighted by Crippen LogP contribution is 2.45. The molecule has 8 aromatic rings. The number of anilines is 4. The van der Waals surface area contributed by atoms with Crippen molar-refractivity contribution < 1.29 is 23.0 Å². The highest BCUT2D eigenvalue weighted by Gasteiger charge is 2.42. The molecule has 10 heterocycles. The number of piperidine rings is 1. The Labute approximate surface area is 451 Å². The van der Waals surface area contributed by atoms with Crippen LogP contribution in [0.4, 0.5) is 32.3 Å². The molecule has 76 heavy (non-hydrogen) atoms. The molecule has 0 saturated carbocycles. The third-order valence-electron chi connectivity index (χ3n) is 13.7. The fraction of sp³-hybridized carbons (Fsp3) is 0.340. The van der Waals surface area contributed by atoms with E-state index in [1.807, 2.05) is 28.5 Å². The van der Waals surface area contributed by atoms with Crippen LogP contribution in [0.15, 0.2) is 49.3 Å². The largest absolute Gasteiger partial charge is 0.434 e. The number of benzene rings is 2. The summed E-state index contributed by atoms with van der Waals surface area (Å²) in [6.07, 6.45) is 7.54. The number of carbonyl (C=O) groups is 1. The third-order valence-corrected chi connectivity index (χ3v) is 14.8. The first kappa shape index (κ1) is 50.5. The van der Waals surface area contributed by atoms with Gasteiger partial charge in [0.05, 0.1) is 67.9 Å². The summed E-state index contributed by atoms with van der Waals surface area (Å²) in [4.78, 5) is 50.0. The number of halogens is 6. The number of amides is 1. The lowest BCUT2D eigenvalue weighted by atomic mass is 9.84. The number of piperazine rings is 1. The number of nitrogens with zero attached hydrogens (tertiary/aromatic N) is 15. The fourth-order valence-electron chi connectivity index (χ4n) is 9.78. The zero-order valence-corrected chi connectivity index (χ0v) is 43.7. The van der Waals surface area contributed by atoms with Gasteiger partial charge in [-0.15, -0.1) is 0 Å². The van der Waals surface area contributed by atoms with Gasteiger partial charge in [0.25, 0.3) is 0 Å². The van der Waals surface area contributed by atoms with E-state index >= 15 is 0 Å². The van der Waals surface area contributed by atoms with Crippen molar-refractivity contribution in [2.24, 2.45) is 10.8 Å². The summed E-state index contributed by atoms with van der Waals surface area (Å²) >= 11 is 25.5. The first-order valence-corrected chi connectivity index (χ1v) is 25.5. The lowest BCUT2D eigenvalue weighted by Gasteiger charge is -2.43. The second kappa shape index (κ2) is 19.8. The molecule has 20 nitrogen and oxygen atoms in total. The molecule has 0 radical (unpaired) electrons. The fourth-order valence-corrected chi connectivity index (χ4v) is 10.5. The summed E-state index contributed by atoms with van der Waals surface area (Å²) in [7, 11) is 0. The summed E-state index contributed by atoms with van der Waals surface area (Å²) in [5.41, 5.74) is 0.600. The number of aromatic amines is 2. The monoisotopic (exact) mass is 1110 g/mol. The van der Waals surface area contributed by atoms with Crippen LogP contribution in [-0.2, 0) is 4.79 Å². The van der Waals surface area contributed by atoms with Crippen molar-refractivity contribution in [3.8, 4) is 35.4 Å². The van der Waals surface area contributed by atoms with Crippen molar-refractivity contribution in [1.82, 2.24) is 55.2 Å². The lowest BCUT2D eigenvalue weighted by Crippen LogP contribution is -2.55. The van der Waals surface area contributed by atoms with Gasteiger partial charge in [0, 0.05) is 77.6 Å². The Morgan fingerprint density at radius 2 is 1.07 bits per heavy atom. The van der Waals surface area contributed by atoms with E-state index < -0.39 is 22.5 Å². The molecule has 1 amide bonds. The van der Waals surface area contributed by atoms with Gasteiger partial charge in [0.2, 0.25) is 29.6 Å². The van der Waals surface area contributed by atoms with E-state index in [2.05, 4.69) is 54.0 Å². The van der Waals surface area contributed by atoms with Crippen molar-refractivity contribution in [3.63, 3.8) is 0 Å². The van der Waals surface area contributed by atoms with Crippen molar-refractivity contribution in [2.45, 2.75) is 33.1 Å². The number of hydrogen-bond donors (Lipinski definition) is 2. The summed E-state index contributed by atoms with van der Waals surface area (Å²) in [6, 6.07) is 10.5. The van der Waals surface area contributed by atoms with Crippen LogP contribution in [0.2, 0.25) is 20.4 Å². The summed E-state index contributed by atoms with van der Waals surface area (Å²) in [6.45, 7) is 12.9. The third kappa shape index (κ3) is 9.33. The van der Waals surface area contributed by atoms with Gasteiger partial charge in [0.15, 0.2) is 11.5 Å². The number of hydrogen-bond acceptors (Lipinski definition) is 17. The molecule has 0 spiro atoms. The lowest BCUT2D eigenvalue weighted by molar-refractivity contribution is -0.126. The Morgan fingerprint density at radius 1 is 0.632 bits per heavy atom. The molecule has 4 fully saturated rings. The van der Waals surface area contributed by atoms with Gasteiger partial charge in [0.1, 0.15) is 54.7 Å². The summed E-state index contributed by atoms with van der Waals surface area (Å²) in [5.74, 6) is 0.843. The first-order chi connectivity index (χ1) is 36.5. The SMILES string of the molecule is C=CC(=O)N1CCN(c2nc(N3CC(C)(C#N)C3)nc3c(Oc4c(Cl)c(F)cc5[nH]ncc45)nc(Cl)cc23)CC1.CC1(C#N)CN(c2nc(N3CCCCC3)c3cc(Cl)nc(Oc4c(Cl)c(F)cc5[nH]ncc45)c3n2)C1. The van der Waals surface area contributed by atoms with Crippen LogP contribution >= 0.6 is 46.4 Å². The molecule has 4 aliphatic rings. The molecule has 2 N–H and O–H groups in total. The number of fused-ring (bicyclic) bond motifs is 4. The standard InChI is InChI=1S/C26H22Cl2FN9O2.C24H21Cl2FN8O/c1-3-19(39)36-4-6-37(7-5-36)23-14-8-18(27)32-24(21(14)33-25(34-23)38-12-26(2,11-30)13-38)40-22-15-10-31-35-17(15)9-16(29)20(22)28;1-24(10-28)11-35(12-24)23-31-19-13(21(32-23)34-5-3-2-4-6-34)7-17(25)30-22(19)36-20-14-9-29-33-16(14)8-15(27)18(20)26/h3,8-10H,1,4-7,12-13H2,2H3,(H,31,35);7-9H,2-6,11-12H2,1H3,(H,29,33). The van der Waals surface area contributed by atoms with Crippen LogP contribution in [0.3, 0.4) is 0 Å². The number of nitrogens with one attached hydrogen (secondary N) is 2. The molecule has 2 aromatic carbocycles. The van der Waals surface area contributed by atoms with E-state index in [0.29, 0.717) is 114 Å². The molecule has 4 saturated heterocycles. The van der Waals surface area contributed by atoms with Gasteiger partial charge in [-0.2, -0.15) is 40.7 Å². The summed E-state index contributed by atoms with van der Waals surface area (Å²) < 4.78 is 41.5. The van der Waals surface area contributed by atoms with Gasteiger partial charge >= 0.3 is 0 Å². The number of rotatable bonds is 9. The quantitative estimate of drug-likeness (QED) is 0.101. The molecule has 0 aliphatic carbocycles. The second-order valence-corrected chi connectivity index (χ2v) is 21.0. The molecular formula is C50H43Cl4F2N17O3.